The minimum atomic E-state index is -0.600. The molecule has 3 heteroatoms. The number of nitrogens with one attached hydrogen (secondary N) is 1. The van der Waals surface area contributed by atoms with Crippen LogP contribution in [0.4, 0.5) is 0 Å². The van der Waals surface area contributed by atoms with Gasteiger partial charge in [-0.2, -0.15) is 0 Å². The van der Waals surface area contributed by atoms with Crippen molar-refractivity contribution in [3.8, 4) is 5.75 Å². The largest absolute Gasteiger partial charge is 0.491 e. The molecule has 0 aromatic heterocycles. The first-order chi connectivity index (χ1) is 8.72. The van der Waals surface area contributed by atoms with Crippen LogP contribution in [-0.2, 0) is 6.54 Å². The van der Waals surface area contributed by atoms with Crippen molar-refractivity contribution in [2.24, 2.45) is 0 Å². The van der Waals surface area contributed by atoms with Gasteiger partial charge in [0.2, 0.25) is 0 Å². The van der Waals surface area contributed by atoms with Gasteiger partial charge in [-0.25, -0.2) is 0 Å². The van der Waals surface area contributed by atoms with Crippen molar-refractivity contribution in [3.05, 3.63) is 29.8 Å². The van der Waals surface area contributed by atoms with Crippen LogP contribution in [-0.4, -0.2) is 23.9 Å². The van der Waals surface area contributed by atoms with Crippen LogP contribution in [0.1, 0.15) is 38.2 Å². The maximum Gasteiger partial charge on any atom is 0.119 e. The van der Waals surface area contributed by atoms with Gasteiger partial charge in [0, 0.05) is 6.54 Å². The topological polar surface area (TPSA) is 41.5 Å². The lowest BCUT2D eigenvalue weighted by Gasteiger charge is -2.22. The molecule has 2 rings (SSSR count). The highest BCUT2D eigenvalue weighted by molar-refractivity contribution is 5.28. The van der Waals surface area contributed by atoms with E-state index in [1.54, 1.807) is 0 Å². The molecule has 1 aromatic carbocycles. The van der Waals surface area contributed by atoms with E-state index in [2.05, 4.69) is 18.3 Å². The molecule has 0 amide bonds. The summed E-state index contributed by atoms with van der Waals surface area (Å²) in [5.74, 6) is 0.853. The van der Waals surface area contributed by atoms with Crippen LogP contribution in [0.15, 0.2) is 24.3 Å². The quantitative estimate of drug-likeness (QED) is 0.814. The third-order valence-electron chi connectivity index (χ3n) is 3.52. The highest BCUT2D eigenvalue weighted by Gasteiger charge is 2.31. The number of hydrogen-bond donors (Lipinski definition) is 2. The highest BCUT2D eigenvalue weighted by atomic mass is 16.5. The van der Waals surface area contributed by atoms with E-state index in [9.17, 15) is 5.11 Å². The Kier molecular flexibility index (Phi) is 4.61. The van der Waals surface area contributed by atoms with E-state index in [0.29, 0.717) is 6.61 Å². The van der Waals surface area contributed by atoms with Crippen LogP contribution in [0.2, 0.25) is 0 Å². The first-order valence-corrected chi connectivity index (χ1v) is 6.87. The number of benzene rings is 1. The predicted molar refractivity (Wildman–Crippen MR) is 72.7 cm³/mol. The van der Waals surface area contributed by atoms with Crippen LogP contribution >= 0.6 is 0 Å². The van der Waals surface area contributed by atoms with E-state index >= 15 is 0 Å². The van der Waals surface area contributed by atoms with Gasteiger partial charge in [-0.1, -0.05) is 31.9 Å². The fourth-order valence-corrected chi connectivity index (χ4v) is 2.41. The first kappa shape index (κ1) is 13.4. The summed E-state index contributed by atoms with van der Waals surface area (Å²) in [7, 11) is 0. The molecule has 1 aromatic rings. The molecule has 1 aliphatic rings. The zero-order chi connectivity index (χ0) is 12.8. The Morgan fingerprint density at radius 1 is 1.33 bits per heavy atom. The molecule has 0 atom stereocenters. The van der Waals surface area contributed by atoms with Crippen molar-refractivity contribution in [2.45, 2.75) is 44.8 Å². The Bertz CT molecular complexity index is 373. The molecule has 1 aliphatic carbocycles. The van der Waals surface area contributed by atoms with E-state index in [1.807, 2.05) is 18.2 Å². The van der Waals surface area contributed by atoms with Crippen molar-refractivity contribution in [1.29, 1.82) is 0 Å². The molecule has 0 heterocycles. The van der Waals surface area contributed by atoms with Gasteiger partial charge in [0.05, 0.1) is 5.60 Å². The van der Waals surface area contributed by atoms with Gasteiger partial charge in [-0.05, 0) is 37.1 Å². The van der Waals surface area contributed by atoms with Gasteiger partial charge in [0.1, 0.15) is 12.4 Å². The Hall–Kier alpha value is -1.06. The van der Waals surface area contributed by atoms with Gasteiger partial charge in [-0.3, -0.25) is 0 Å². The predicted octanol–water partition coefficient (Wildman–Crippen LogP) is 2.48. The molecule has 1 fully saturated rings. The molecule has 0 aliphatic heterocycles. The van der Waals surface area contributed by atoms with Gasteiger partial charge in [0.25, 0.3) is 0 Å². The standard InChI is InChI=1S/C15H23NO2/c1-2-16-11-13-6-5-7-14(10-13)18-12-15(17)8-3-4-9-15/h5-7,10,16-17H,2-4,8-9,11-12H2,1H3. The van der Waals surface area contributed by atoms with Crippen LogP contribution < -0.4 is 10.1 Å². The summed E-state index contributed by atoms with van der Waals surface area (Å²) >= 11 is 0. The van der Waals surface area contributed by atoms with Crippen LogP contribution in [0.5, 0.6) is 5.75 Å². The minimum Gasteiger partial charge on any atom is -0.491 e. The summed E-state index contributed by atoms with van der Waals surface area (Å²) in [4.78, 5) is 0. The molecule has 2 N–H and O–H groups in total. The molecular weight excluding hydrogens is 226 g/mol. The Labute approximate surface area is 109 Å². The van der Waals surface area contributed by atoms with Crippen molar-refractivity contribution in [2.75, 3.05) is 13.2 Å². The number of rotatable bonds is 6. The lowest BCUT2D eigenvalue weighted by molar-refractivity contribution is 0.00138. The normalized spacial score (nSPS) is 17.9. The third kappa shape index (κ3) is 3.72. The Morgan fingerprint density at radius 2 is 2.11 bits per heavy atom. The zero-order valence-electron chi connectivity index (χ0n) is 11.1. The summed E-state index contributed by atoms with van der Waals surface area (Å²) in [5.41, 5.74) is 0.616. The van der Waals surface area contributed by atoms with Crippen molar-refractivity contribution in [1.82, 2.24) is 5.32 Å². The second kappa shape index (κ2) is 6.21. The number of hydrogen-bond acceptors (Lipinski definition) is 3. The average molecular weight is 249 g/mol. The highest BCUT2D eigenvalue weighted by Crippen LogP contribution is 2.30. The van der Waals surface area contributed by atoms with E-state index in [4.69, 9.17) is 4.74 Å². The van der Waals surface area contributed by atoms with Gasteiger partial charge in [0.15, 0.2) is 0 Å². The van der Waals surface area contributed by atoms with Crippen molar-refractivity contribution in [3.63, 3.8) is 0 Å². The lowest BCUT2D eigenvalue weighted by Crippen LogP contribution is -2.32. The summed E-state index contributed by atoms with van der Waals surface area (Å²) < 4.78 is 5.74. The Morgan fingerprint density at radius 3 is 2.83 bits per heavy atom. The molecule has 0 radical (unpaired) electrons. The summed E-state index contributed by atoms with van der Waals surface area (Å²) in [6.45, 7) is 4.33. The molecule has 0 spiro atoms. The van der Waals surface area contributed by atoms with Crippen molar-refractivity contribution >= 4 is 0 Å². The van der Waals surface area contributed by atoms with Crippen LogP contribution in [0.3, 0.4) is 0 Å². The second-order valence-corrected chi connectivity index (χ2v) is 5.15. The molecule has 0 bridgehead atoms. The van der Waals surface area contributed by atoms with E-state index in [0.717, 1.165) is 44.5 Å². The fourth-order valence-electron chi connectivity index (χ4n) is 2.41. The second-order valence-electron chi connectivity index (χ2n) is 5.15. The summed E-state index contributed by atoms with van der Waals surface area (Å²) in [6.07, 6.45) is 3.95. The number of ether oxygens (including phenoxy) is 1. The van der Waals surface area contributed by atoms with E-state index in [1.165, 1.54) is 5.56 Å². The molecule has 1 saturated carbocycles. The van der Waals surface area contributed by atoms with E-state index < -0.39 is 5.60 Å². The monoisotopic (exact) mass is 249 g/mol. The molecule has 0 unspecified atom stereocenters. The first-order valence-electron chi connectivity index (χ1n) is 6.87. The average Bonchev–Trinajstić information content (AvgIpc) is 2.82. The van der Waals surface area contributed by atoms with Crippen LogP contribution in [0.25, 0.3) is 0 Å². The Balaban J connectivity index is 1.88. The SMILES string of the molecule is CCNCc1cccc(OCC2(O)CCCC2)c1. The van der Waals surface area contributed by atoms with Crippen molar-refractivity contribution < 1.29 is 9.84 Å². The summed E-state index contributed by atoms with van der Waals surface area (Å²) in [6, 6.07) is 8.08. The molecule has 100 valence electrons. The van der Waals surface area contributed by atoms with Crippen LogP contribution in [0, 0.1) is 0 Å². The van der Waals surface area contributed by atoms with E-state index in [-0.39, 0.29) is 0 Å². The molecule has 3 nitrogen and oxygen atoms in total. The molecule has 18 heavy (non-hydrogen) atoms. The molecular formula is C15H23NO2. The lowest BCUT2D eigenvalue weighted by atomic mass is 10.0. The zero-order valence-corrected chi connectivity index (χ0v) is 11.1. The van der Waals surface area contributed by atoms with Gasteiger partial charge < -0.3 is 15.2 Å². The smallest absolute Gasteiger partial charge is 0.119 e. The molecule has 0 saturated heterocycles. The van der Waals surface area contributed by atoms with Gasteiger partial charge in [-0.15, -0.1) is 0 Å². The third-order valence-corrected chi connectivity index (χ3v) is 3.52. The number of aliphatic hydroxyl groups is 1. The minimum absolute atomic E-state index is 0.414. The summed E-state index contributed by atoms with van der Waals surface area (Å²) in [5, 5.41) is 13.5. The van der Waals surface area contributed by atoms with Gasteiger partial charge >= 0.3 is 0 Å². The maximum atomic E-state index is 10.2. The maximum absolute atomic E-state index is 10.2. The fraction of sp³-hybridized carbons (Fsp3) is 0.600.